The van der Waals surface area contributed by atoms with E-state index in [4.69, 9.17) is 14.2 Å². The highest BCUT2D eigenvalue weighted by Crippen LogP contribution is 2.32. The van der Waals surface area contributed by atoms with E-state index in [-0.39, 0.29) is 11.9 Å². The Morgan fingerprint density at radius 1 is 0.971 bits per heavy atom. The van der Waals surface area contributed by atoms with E-state index in [0.717, 1.165) is 35.5 Å². The maximum atomic E-state index is 12.8. The highest BCUT2D eigenvalue weighted by molar-refractivity contribution is 5.79. The van der Waals surface area contributed by atoms with Crippen molar-refractivity contribution >= 4 is 5.91 Å². The van der Waals surface area contributed by atoms with Gasteiger partial charge in [0.25, 0.3) is 0 Å². The van der Waals surface area contributed by atoms with E-state index in [2.05, 4.69) is 40.5 Å². The van der Waals surface area contributed by atoms with Crippen LogP contribution in [0.4, 0.5) is 0 Å². The Kier molecular flexibility index (Phi) is 8.76. The lowest BCUT2D eigenvalue weighted by atomic mass is 10.0. The first-order chi connectivity index (χ1) is 17.2. The van der Waals surface area contributed by atoms with Crippen molar-refractivity contribution in [2.45, 2.75) is 19.4 Å². The van der Waals surface area contributed by atoms with Gasteiger partial charge in [-0.3, -0.25) is 9.69 Å². The van der Waals surface area contributed by atoms with Crippen molar-refractivity contribution in [3.8, 4) is 22.6 Å². The van der Waals surface area contributed by atoms with Crippen molar-refractivity contribution in [3.63, 3.8) is 0 Å². The molecule has 6 nitrogen and oxygen atoms in total. The van der Waals surface area contributed by atoms with Crippen LogP contribution < -0.4 is 14.8 Å². The van der Waals surface area contributed by atoms with E-state index in [0.29, 0.717) is 38.5 Å². The Hall–Kier alpha value is -3.35. The maximum absolute atomic E-state index is 12.8. The third-order valence-corrected chi connectivity index (χ3v) is 6.28. The first-order valence-corrected chi connectivity index (χ1v) is 12.2. The summed E-state index contributed by atoms with van der Waals surface area (Å²) < 4.78 is 16.8. The monoisotopic (exact) mass is 474 g/mol. The molecule has 0 radical (unpaired) electrons. The lowest BCUT2D eigenvalue weighted by molar-refractivity contribution is -0.120. The van der Waals surface area contributed by atoms with Gasteiger partial charge in [-0.1, -0.05) is 60.7 Å². The largest absolute Gasteiger partial charge is 0.493 e. The second-order valence-electron chi connectivity index (χ2n) is 8.55. The van der Waals surface area contributed by atoms with Gasteiger partial charge in [-0.25, -0.2) is 0 Å². The smallest absolute Gasteiger partial charge is 0.224 e. The zero-order valence-corrected chi connectivity index (χ0v) is 20.5. The number of ether oxygens (including phenoxy) is 3. The highest BCUT2D eigenvalue weighted by Gasteiger charge is 2.24. The predicted octanol–water partition coefficient (Wildman–Crippen LogP) is 4.49. The van der Waals surface area contributed by atoms with Gasteiger partial charge in [0.15, 0.2) is 11.5 Å². The van der Waals surface area contributed by atoms with Crippen molar-refractivity contribution < 1.29 is 19.0 Å². The van der Waals surface area contributed by atoms with Crippen molar-refractivity contribution in [1.29, 1.82) is 0 Å². The molecule has 3 aromatic carbocycles. The Balaban J connectivity index is 1.42. The topological polar surface area (TPSA) is 60.0 Å². The summed E-state index contributed by atoms with van der Waals surface area (Å²) in [5.41, 5.74) is 4.39. The van der Waals surface area contributed by atoms with Gasteiger partial charge in [0, 0.05) is 19.6 Å². The fraction of sp³-hybridized carbons (Fsp3) is 0.345. The molecule has 1 heterocycles. The van der Waals surface area contributed by atoms with Gasteiger partial charge in [-0.05, 0) is 41.3 Å². The Bertz CT molecular complexity index is 1080. The summed E-state index contributed by atoms with van der Waals surface area (Å²) in [6.45, 7) is 6.05. The van der Waals surface area contributed by atoms with Gasteiger partial charge >= 0.3 is 0 Å². The van der Waals surface area contributed by atoms with Crippen molar-refractivity contribution in [1.82, 2.24) is 10.2 Å². The molecule has 1 N–H and O–H groups in total. The van der Waals surface area contributed by atoms with Crippen LogP contribution >= 0.6 is 0 Å². The van der Waals surface area contributed by atoms with Crippen LogP contribution in [0.15, 0.2) is 72.8 Å². The zero-order chi connectivity index (χ0) is 24.5. The molecule has 1 amide bonds. The summed E-state index contributed by atoms with van der Waals surface area (Å²) in [5, 5.41) is 3.16. The predicted molar refractivity (Wildman–Crippen MR) is 138 cm³/mol. The quantitative estimate of drug-likeness (QED) is 0.469. The second-order valence-corrected chi connectivity index (χ2v) is 8.55. The maximum Gasteiger partial charge on any atom is 0.224 e. The molecule has 1 saturated heterocycles. The van der Waals surface area contributed by atoms with E-state index in [1.807, 2.05) is 49.4 Å². The number of hydrogen-bond acceptors (Lipinski definition) is 5. The zero-order valence-electron chi connectivity index (χ0n) is 20.5. The van der Waals surface area contributed by atoms with Gasteiger partial charge in [-0.2, -0.15) is 0 Å². The fourth-order valence-electron chi connectivity index (χ4n) is 4.42. The third-order valence-electron chi connectivity index (χ3n) is 6.28. The SMILES string of the molecule is CCOc1ccc(C(CNC(=O)Cc2ccc(-c3ccccc3)cc2)N2CCOCC2)cc1OC. The molecule has 184 valence electrons. The van der Waals surface area contributed by atoms with Crippen LogP contribution in [0, 0.1) is 0 Å². The normalized spacial score (nSPS) is 14.8. The standard InChI is InChI=1S/C29H34N2O4/c1-3-35-27-14-13-25(20-28(27)33-2)26(31-15-17-34-18-16-31)21-30-29(32)19-22-9-11-24(12-10-22)23-7-5-4-6-8-23/h4-14,20,26H,3,15-19,21H2,1-2H3,(H,30,32). The Labute approximate surface area is 207 Å². The van der Waals surface area contributed by atoms with Crippen LogP contribution in [0.5, 0.6) is 11.5 Å². The number of carbonyl (C=O) groups excluding carboxylic acids is 1. The summed E-state index contributed by atoms with van der Waals surface area (Å²) in [6, 6.07) is 24.5. The molecular weight excluding hydrogens is 440 g/mol. The van der Waals surface area contributed by atoms with Crippen LogP contribution in [-0.4, -0.2) is 57.4 Å². The number of carbonyl (C=O) groups is 1. The summed E-state index contributed by atoms with van der Waals surface area (Å²) in [6.07, 6.45) is 0.345. The minimum absolute atomic E-state index is 0.00798. The molecule has 35 heavy (non-hydrogen) atoms. The fourth-order valence-corrected chi connectivity index (χ4v) is 4.42. The highest BCUT2D eigenvalue weighted by atomic mass is 16.5. The Morgan fingerprint density at radius 2 is 1.69 bits per heavy atom. The van der Waals surface area contributed by atoms with Crippen molar-refractivity contribution in [2.75, 3.05) is 46.6 Å². The summed E-state index contributed by atoms with van der Waals surface area (Å²) in [4.78, 5) is 15.2. The lowest BCUT2D eigenvalue weighted by Crippen LogP contribution is -2.44. The van der Waals surface area contributed by atoms with Gasteiger partial charge in [0.2, 0.25) is 5.91 Å². The molecule has 6 heteroatoms. The van der Waals surface area contributed by atoms with Crippen LogP contribution in [0.1, 0.15) is 24.1 Å². The molecular formula is C29H34N2O4. The minimum Gasteiger partial charge on any atom is -0.493 e. The average molecular weight is 475 g/mol. The number of nitrogens with one attached hydrogen (secondary N) is 1. The van der Waals surface area contributed by atoms with Crippen LogP contribution in [-0.2, 0) is 16.0 Å². The van der Waals surface area contributed by atoms with E-state index in [1.165, 1.54) is 5.56 Å². The number of morpholine rings is 1. The third kappa shape index (κ3) is 6.62. The lowest BCUT2D eigenvalue weighted by Gasteiger charge is -2.35. The van der Waals surface area contributed by atoms with E-state index in [9.17, 15) is 4.79 Å². The number of nitrogens with zero attached hydrogens (tertiary/aromatic N) is 1. The van der Waals surface area contributed by atoms with Crippen LogP contribution in [0.25, 0.3) is 11.1 Å². The molecule has 1 unspecified atom stereocenters. The molecule has 1 aliphatic heterocycles. The molecule has 0 aromatic heterocycles. The van der Waals surface area contributed by atoms with E-state index < -0.39 is 0 Å². The molecule has 1 aliphatic rings. The molecule has 0 saturated carbocycles. The summed E-state index contributed by atoms with van der Waals surface area (Å²) >= 11 is 0. The van der Waals surface area contributed by atoms with Gasteiger partial charge in [0.1, 0.15) is 0 Å². The second kappa shape index (κ2) is 12.4. The number of benzene rings is 3. The number of amides is 1. The van der Waals surface area contributed by atoms with Gasteiger partial charge in [-0.15, -0.1) is 0 Å². The van der Waals surface area contributed by atoms with Gasteiger partial charge < -0.3 is 19.5 Å². The summed E-state index contributed by atoms with van der Waals surface area (Å²) in [7, 11) is 1.65. The van der Waals surface area contributed by atoms with E-state index >= 15 is 0 Å². The van der Waals surface area contributed by atoms with Crippen molar-refractivity contribution in [2.24, 2.45) is 0 Å². The average Bonchev–Trinajstić information content (AvgIpc) is 2.91. The first-order valence-electron chi connectivity index (χ1n) is 12.2. The number of hydrogen-bond donors (Lipinski definition) is 1. The molecule has 1 atom stereocenters. The number of methoxy groups -OCH3 is 1. The minimum atomic E-state index is 0.00798. The molecule has 4 rings (SSSR count). The van der Waals surface area contributed by atoms with E-state index in [1.54, 1.807) is 7.11 Å². The van der Waals surface area contributed by atoms with Crippen molar-refractivity contribution in [3.05, 3.63) is 83.9 Å². The first kappa shape index (κ1) is 24.8. The molecule has 0 aliphatic carbocycles. The van der Waals surface area contributed by atoms with Crippen LogP contribution in [0.3, 0.4) is 0 Å². The number of rotatable bonds is 10. The Morgan fingerprint density at radius 3 is 2.37 bits per heavy atom. The summed E-state index contributed by atoms with van der Waals surface area (Å²) in [5.74, 6) is 1.43. The molecule has 0 bridgehead atoms. The van der Waals surface area contributed by atoms with Gasteiger partial charge in [0.05, 0.1) is 39.4 Å². The molecule has 0 spiro atoms. The molecule has 3 aromatic rings. The van der Waals surface area contributed by atoms with Crippen LogP contribution in [0.2, 0.25) is 0 Å². The molecule has 1 fully saturated rings.